The summed E-state index contributed by atoms with van der Waals surface area (Å²) < 4.78 is 0. The Labute approximate surface area is 96.6 Å². The number of aliphatic hydroxyl groups excluding tert-OH is 2. The van der Waals surface area contributed by atoms with E-state index in [9.17, 15) is 10.2 Å². The van der Waals surface area contributed by atoms with Crippen LogP contribution < -0.4 is 5.73 Å². The highest BCUT2D eigenvalue weighted by molar-refractivity contribution is 5.85. The zero-order valence-corrected chi connectivity index (χ0v) is 8.74. The van der Waals surface area contributed by atoms with Crippen LogP contribution in [-0.4, -0.2) is 21.3 Å². The Morgan fingerprint density at radius 2 is 2.07 bits per heavy atom. The fraction of sp³-hybridized carbons (Fsp3) is 0.500. The molecule has 0 radical (unpaired) electrons. The molecule has 0 saturated carbocycles. The fourth-order valence-electron chi connectivity index (χ4n) is 1.15. The third-order valence-corrected chi connectivity index (χ3v) is 1.94. The first-order valence-corrected chi connectivity index (χ1v) is 4.15. The number of pyridine rings is 1. The lowest BCUT2D eigenvalue weighted by molar-refractivity contribution is 0.0298. The molecule has 5 heteroatoms. The Balaban J connectivity index is 0. The molecule has 1 heterocycles. The summed E-state index contributed by atoms with van der Waals surface area (Å²) in [4.78, 5) is 3.87. The minimum atomic E-state index is -0.910. The van der Waals surface area contributed by atoms with E-state index in [0.29, 0.717) is 12.1 Å². The summed E-state index contributed by atoms with van der Waals surface area (Å²) in [5, 5.41) is 18.7. The topological polar surface area (TPSA) is 79.4 Å². The van der Waals surface area contributed by atoms with Gasteiger partial charge in [-0.15, -0.1) is 12.4 Å². The van der Waals surface area contributed by atoms with Crippen molar-refractivity contribution in [1.82, 2.24) is 4.98 Å². The van der Waals surface area contributed by atoms with E-state index in [0.717, 1.165) is 5.56 Å². The molecule has 1 aromatic heterocycles. The van der Waals surface area contributed by atoms with Crippen molar-refractivity contribution < 1.29 is 10.2 Å². The first-order chi connectivity index (χ1) is 6.16. The molecule has 0 aliphatic carbocycles. The van der Waals surface area contributed by atoms with Gasteiger partial charge in [-0.3, -0.25) is 4.98 Å². The van der Waals surface area contributed by atoms with E-state index in [1.54, 1.807) is 12.3 Å². The second-order valence-electron chi connectivity index (χ2n) is 2.96. The van der Waals surface area contributed by atoms with E-state index < -0.39 is 12.2 Å². The Morgan fingerprint density at radius 1 is 1.47 bits per heavy atom. The minimum absolute atomic E-state index is 0. The van der Waals surface area contributed by atoms with Gasteiger partial charge in [0.25, 0.3) is 0 Å². The van der Waals surface area contributed by atoms with Gasteiger partial charge in [0.2, 0.25) is 0 Å². The van der Waals surface area contributed by atoms with Crippen molar-refractivity contribution in [2.45, 2.75) is 33.1 Å². The molecule has 0 unspecified atom stereocenters. The lowest BCUT2D eigenvalue weighted by Gasteiger charge is -2.16. The second-order valence-corrected chi connectivity index (χ2v) is 2.96. The third-order valence-electron chi connectivity index (χ3n) is 1.94. The Bertz CT molecular complexity index is 282. The maximum atomic E-state index is 9.56. The van der Waals surface area contributed by atoms with Crippen LogP contribution in [0.15, 0.2) is 18.5 Å². The monoisotopic (exact) mass is 234 g/mol. The highest BCUT2D eigenvalue weighted by Crippen LogP contribution is 2.19. The molecule has 0 aliphatic rings. The fourth-order valence-corrected chi connectivity index (χ4v) is 1.15. The zero-order chi connectivity index (χ0) is 9.84. The Kier molecular flexibility index (Phi) is 8.47. The summed E-state index contributed by atoms with van der Waals surface area (Å²) in [6, 6.07) is 1.74. The Morgan fingerprint density at radius 3 is 2.53 bits per heavy atom. The van der Waals surface area contributed by atoms with Crippen LogP contribution >= 0.6 is 12.4 Å². The number of rotatable bonds is 3. The van der Waals surface area contributed by atoms with Crippen LogP contribution in [0.25, 0.3) is 0 Å². The van der Waals surface area contributed by atoms with Crippen LogP contribution in [0.3, 0.4) is 0 Å². The number of hydrogen-bond donors (Lipinski definition) is 3. The van der Waals surface area contributed by atoms with E-state index in [1.165, 1.54) is 13.1 Å². The molecule has 0 saturated heterocycles. The number of aromatic nitrogens is 1. The molecule has 1 rings (SSSR count). The van der Waals surface area contributed by atoms with Gasteiger partial charge in [0, 0.05) is 24.5 Å². The molecular weight excluding hydrogens is 216 g/mol. The van der Waals surface area contributed by atoms with Crippen LogP contribution in [0.4, 0.5) is 0 Å². The van der Waals surface area contributed by atoms with Crippen molar-refractivity contribution in [2.24, 2.45) is 5.73 Å². The number of nitrogens with two attached hydrogens (primary N) is 1. The summed E-state index contributed by atoms with van der Waals surface area (Å²) in [5.74, 6) is 0. The van der Waals surface area contributed by atoms with Crippen LogP contribution in [0.1, 0.15) is 31.6 Å². The number of hydrogen-bond acceptors (Lipinski definition) is 4. The first kappa shape index (κ1) is 16.7. The summed E-state index contributed by atoms with van der Waals surface area (Å²) in [6.07, 6.45) is 1.42. The van der Waals surface area contributed by atoms with Gasteiger partial charge in [0.1, 0.15) is 6.10 Å². The number of nitrogens with zero attached hydrogens (tertiary/aromatic N) is 1. The molecule has 15 heavy (non-hydrogen) atoms. The molecule has 4 N–H and O–H groups in total. The summed E-state index contributed by atoms with van der Waals surface area (Å²) >= 11 is 0. The van der Waals surface area contributed by atoms with Crippen molar-refractivity contribution in [3.05, 3.63) is 29.6 Å². The van der Waals surface area contributed by atoms with Gasteiger partial charge in [-0.05, 0) is 18.6 Å². The van der Waals surface area contributed by atoms with Crippen LogP contribution in [0.5, 0.6) is 0 Å². The van der Waals surface area contributed by atoms with Crippen molar-refractivity contribution in [2.75, 3.05) is 0 Å². The minimum Gasteiger partial charge on any atom is -0.390 e. The van der Waals surface area contributed by atoms with Gasteiger partial charge < -0.3 is 15.9 Å². The molecule has 0 aliphatic heterocycles. The van der Waals surface area contributed by atoms with Gasteiger partial charge in [0.05, 0.1) is 6.10 Å². The van der Waals surface area contributed by atoms with Gasteiger partial charge in [0.15, 0.2) is 0 Å². The van der Waals surface area contributed by atoms with Crippen molar-refractivity contribution in [1.29, 1.82) is 0 Å². The van der Waals surface area contributed by atoms with E-state index in [-0.39, 0.29) is 19.8 Å². The molecule has 0 amide bonds. The lowest BCUT2D eigenvalue weighted by Crippen LogP contribution is -2.17. The van der Waals surface area contributed by atoms with E-state index in [2.05, 4.69) is 4.98 Å². The van der Waals surface area contributed by atoms with Gasteiger partial charge in [-0.25, -0.2) is 0 Å². The normalized spacial score (nSPS) is 13.3. The van der Waals surface area contributed by atoms with Gasteiger partial charge in [-0.1, -0.05) is 7.43 Å². The second kappa shape index (κ2) is 7.59. The molecule has 2 atom stereocenters. The summed E-state index contributed by atoms with van der Waals surface area (Å²) in [6.45, 7) is 1.86. The molecule has 0 bridgehead atoms. The molecule has 0 fully saturated rings. The average Bonchev–Trinajstić information content (AvgIpc) is 2.16. The molecule has 1 aromatic rings. The van der Waals surface area contributed by atoms with E-state index in [1.807, 2.05) is 0 Å². The Hall–Kier alpha value is -0.680. The predicted octanol–water partition coefficient (Wildman–Crippen LogP) is 1.01. The molecular formula is C10H19ClN2O2. The van der Waals surface area contributed by atoms with Crippen LogP contribution in [-0.2, 0) is 6.54 Å². The summed E-state index contributed by atoms with van der Waals surface area (Å²) in [7, 11) is 0. The number of aliphatic hydroxyl groups is 2. The smallest absolute Gasteiger partial charge is 0.106 e. The number of halogens is 1. The maximum Gasteiger partial charge on any atom is 0.106 e. The average molecular weight is 235 g/mol. The molecule has 4 nitrogen and oxygen atoms in total. The molecule has 0 spiro atoms. The quantitative estimate of drug-likeness (QED) is 0.730. The summed E-state index contributed by atoms with van der Waals surface area (Å²) in [5.41, 5.74) is 6.87. The zero-order valence-electron chi connectivity index (χ0n) is 7.92. The predicted molar refractivity (Wildman–Crippen MR) is 62.7 cm³/mol. The highest BCUT2D eigenvalue weighted by atomic mass is 35.5. The third kappa shape index (κ3) is 4.13. The largest absolute Gasteiger partial charge is 0.390 e. The van der Waals surface area contributed by atoms with Crippen molar-refractivity contribution >= 4 is 12.4 Å². The molecule has 0 aromatic carbocycles. The molecule has 88 valence electrons. The first-order valence-electron chi connectivity index (χ1n) is 4.15. The van der Waals surface area contributed by atoms with Crippen LogP contribution in [0, 0.1) is 0 Å². The van der Waals surface area contributed by atoms with Crippen LogP contribution in [0.2, 0.25) is 0 Å². The standard InChI is InChI=1S/C9H14N2O2.CH4.ClH/c1-6(12)9(13)8-5-11-3-2-7(8)4-10;;/h2-3,5-6,9,12-13H,4,10H2,1H3;1H4;1H/t6-,9+;;/m1../s1. The van der Waals surface area contributed by atoms with Crippen molar-refractivity contribution in [3.8, 4) is 0 Å². The lowest BCUT2D eigenvalue weighted by atomic mass is 10.0. The van der Waals surface area contributed by atoms with Gasteiger partial charge >= 0.3 is 0 Å². The van der Waals surface area contributed by atoms with Crippen molar-refractivity contribution in [3.63, 3.8) is 0 Å². The van der Waals surface area contributed by atoms with E-state index >= 15 is 0 Å². The maximum absolute atomic E-state index is 9.56. The van der Waals surface area contributed by atoms with E-state index in [4.69, 9.17) is 5.73 Å². The van der Waals surface area contributed by atoms with Gasteiger partial charge in [-0.2, -0.15) is 0 Å². The highest BCUT2D eigenvalue weighted by Gasteiger charge is 2.16. The SMILES string of the molecule is C.C[C@@H](O)[C@H](O)c1cnccc1CN.Cl.